The first-order valence-electron chi connectivity index (χ1n) is 9.13. The van der Waals surface area contributed by atoms with E-state index in [1.807, 2.05) is 39.1 Å². The Balaban J connectivity index is 1.34. The molecule has 0 spiro atoms. The maximum Gasteiger partial charge on any atom is 0.242 e. The highest BCUT2D eigenvalue weighted by Gasteiger charge is 2.25. The van der Waals surface area contributed by atoms with Gasteiger partial charge in [0, 0.05) is 12.1 Å². The van der Waals surface area contributed by atoms with Crippen LogP contribution in [0.4, 0.5) is 11.8 Å². The van der Waals surface area contributed by atoms with Gasteiger partial charge in [0.05, 0.1) is 23.8 Å². The monoisotopic (exact) mass is 365 g/mol. The Morgan fingerprint density at radius 1 is 0.963 bits per heavy atom. The fourth-order valence-corrected chi connectivity index (χ4v) is 3.40. The van der Waals surface area contributed by atoms with Crippen LogP contribution in [0.5, 0.6) is 0 Å². The molecule has 2 N–H and O–H groups in total. The van der Waals surface area contributed by atoms with Crippen molar-refractivity contribution in [1.29, 1.82) is 0 Å². The molecule has 140 valence electrons. The van der Waals surface area contributed by atoms with Crippen molar-refractivity contribution in [2.75, 3.05) is 10.6 Å². The van der Waals surface area contributed by atoms with Crippen LogP contribution < -0.4 is 10.6 Å². The summed E-state index contributed by atoms with van der Waals surface area (Å²) in [6.45, 7) is 5.70. The van der Waals surface area contributed by atoms with Crippen molar-refractivity contribution in [3.05, 3.63) is 41.9 Å². The summed E-state index contributed by atoms with van der Waals surface area (Å²) in [4.78, 5) is 13.1. The van der Waals surface area contributed by atoms with E-state index in [1.54, 1.807) is 10.9 Å². The molecule has 3 aromatic rings. The summed E-state index contributed by atoms with van der Waals surface area (Å²) in [5, 5.41) is 19.4. The Hall–Kier alpha value is -3.10. The zero-order chi connectivity index (χ0) is 18.8. The van der Waals surface area contributed by atoms with Gasteiger partial charge in [-0.25, -0.2) is 19.6 Å². The van der Waals surface area contributed by atoms with Gasteiger partial charge < -0.3 is 10.6 Å². The molecule has 1 aliphatic rings. The second kappa shape index (κ2) is 7.26. The molecule has 1 aliphatic carbocycles. The van der Waals surface area contributed by atoms with Crippen LogP contribution >= 0.6 is 0 Å². The van der Waals surface area contributed by atoms with E-state index in [-0.39, 0.29) is 0 Å². The topological polar surface area (TPSA) is 106 Å². The van der Waals surface area contributed by atoms with Crippen LogP contribution in [-0.4, -0.2) is 47.0 Å². The van der Waals surface area contributed by atoms with Crippen LogP contribution in [0.1, 0.15) is 36.6 Å². The average Bonchev–Trinajstić information content (AvgIpc) is 3.23. The molecule has 0 amide bonds. The standard InChI is InChI=1S/C18H23N9/c1-11-9-20-18(25-24-11)23-15-5-4-14(8-15)22-17-7-6-16(10-19-17)27-13(3)21-12(2)26-27/h6-7,9-10,14-15H,4-5,8H2,1-3H3,(H,19,22)(H,20,23,25). The SMILES string of the molecule is Cc1cnc(NC2CCC(Nc3ccc(-n4nc(C)nc4C)cn3)C2)nn1. The second-order valence-corrected chi connectivity index (χ2v) is 6.94. The second-order valence-electron chi connectivity index (χ2n) is 6.94. The van der Waals surface area contributed by atoms with Gasteiger partial charge in [-0.15, -0.1) is 5.10 Å². The van der Waals surface area contributed by atoms with Gasteiger partial charge in [-0.2, -0.15) is 10.2 Å². The molecule has 2 atom stereocenters. The lowest BCUT2D eigenvalue weighted by Crippen LogP contribution is -2.22. The molecule has 1 fully saturated rings. The fraction of sp³-hybridized carbons (Fsp3) is 0.444. The molecular weight excluding hydrogens is 342 g/mol. The molecule has 1 saturated carbocycles. The third-order valence-electron chi connectivity index (χ3n) is 4.66. The van der Waals surface area contributed by atoms with Crippen molar-refractivity contribution in [2.24, 2.45) is 0 Å². The number of aryl methyl sites for hydroxylation is 3. The number of hydrogen-bond donors (Lipinski definition) is 2. The minimum absolute atomic E-state index is 0.340. The number of pyridine rings is 1. The molecule has 9 nitrogen and oxygen atoms in total. The van der Waals surface area contributed by atoms with E-state index in [2.05, 4.69) is 40.9 Å². The zero-order valence-electron chi connectivity index (χ0n) is 15.7. The van der Waals surface area contributed by atoms with Crippen molar-refractivity contribution >= 4 is 11.8 Å². The van der Waals surface area contributed by atoms with E-state index in [0.717, 1.165) is 48.1 Å². The van der Waals surface area contributed by atoms with Gasteiger partial charge in [-0.3, -0.25) is 0 Å². The molecular formula is C18H23N9. The van der Waals surface area contributed by atoms with Crippen molar-refractivity contribution in [3.63, 3.8) is 0 Å². The van der Waals surface area contributed by atoms with E-state index in [9.17, 15) is 0 Å². The largest absolute Gasteiger partial charge is 0.367 e. The summed E-state index contributed by atoms with van der Waals surface area (Å²) >= 11 is 0. The lowest BCUT2D eigenvalue weighted by molar-refractivity contribution is 0.712. The first-order valence-corrected chi connectivity index (χ1v) is 9.13. The quantitative estimate of drug-likeness (QED) is 0.709. The number of aromatic nitrogens is 7. The predicted molar refractivity (Wildman–Crippen MR) is 102 cm³/mol. The molecule has 27 heavy (non-hydrogen) atoms. The van der Waals surface area contributed by atoms with Crippen LogP contribution in [0.15, 0.2) is 24.5 Å². The summed E-state index contributed by atoms with van der Waals surface area (Å²) < 4.78 is 1.80. The maximum absolute atomic E-state index is 4.53. The van der Waals surface area contributed by atoms with Crippen molar-refractivity contribution in [1.82, 2.24) is 34.9 Å². The molecule has 0 aromatic carbocycles. The Bertz CT molecular complexity index is 902. The smallest absolute Gasteiger partial charge is 0.242 e. The van der Waals surface area contributed by atoms with Crippen LogP contribution in [0.25, 0.3) is 5.69 Å². The van der Waals surface area contributed by atoms with Crippen LogP contribution in [-0.2, 0) is 0 Å². The van der Waals surface area contributed by atoms with Gasteiger partial charge >= 0.3 is 0 Å². The van der Waals surface area contributed by atoms with Gasteiger partial charge in [0.1, 0.15) is 17.5 Å². The third kappa shape index (κ3) is 4.02. The van der Waals surface area contributed by atoms with Gasteiger partial charge in [-0.1, -0.05) is 0 Å². The lowest BCUT2D eigenvalue weighted by atomic mass is 10.2. The molecule has 0 saturated heterocycles. The van der Waals surface area contributed by atoms with Crippen molar-refractivity contribution in [2.45, 2.75) is 52.1 Å². The van der Waals surface area contributed by atoms with E-state index in [4.69, 9.17) is 0 Å². The summed E-state index contributed by atoms with van der Waals surface area (Å²) in [5.74, 6) is 3.07. The number of rotatable bonds is 5. The molecule has 3 aromatic heterocycles. The maximum atomic E-state index is 4.53. The van der Waals surface area contributed by atoms with Gasteiger partial charge in [0.25, 0.3) is 0 Å². The van der Waals surface area contributed by atoms with Crippen LogP contribution in [0.2, 0.25) is 0 Å². The molecule has 0 aliphatic heterocycles. The molecule has 3 heterocycles. The highest BCUT2D eigenvalue weighted by atomic mass is 15.3. The van der Waals surface area contributed by atoms with E-state index >= 15 is 0 Å². The molecule has 9 heteroatoms. The van der Waals surface area contributed by atoms with Crippen LogP contribution in [0, 0.1) is 20.8 Å². The third-order valence-corrected chi connectivity index (χ3v) is 4.66. The average molecular weight is 365 g/mol. The van der Waals surface area contributed by atoms with Crippen molar-refractivity contribution in [3.8, 4) is 5.69 Å². The Labute approximate surface area is 157 Å². The summed E-state index contributed by atoms with van der Waals surface area (Å²) in [6.07, 6.45) is 6.66. The molecule has 0 bridgehead atoms. The minimum Gasteiger partial charge on any atom is -0.367 e. The molecule has 2 unspecified atom stereocenters. The number of nitrogens with one attached hydrogen (secondary N) is 2. The zero-order valence-corrected chi connectivity index (χ0v) is 15.7. The van der Waals surface area contributed by atoms with Crippen molar-refractivity contribution < 1.29 is 0 Å². The van der Waals surface area contributed by atoms with Gasteiger partial charge in [0.15, 0.2) is 0 Å². The Kier molecular flexibility index (Phi) is 4.66. The van der Waals surface area contributed by atoms with E-state index in [0.29, 0.717) is 18.0 Å². The number of nitrogens with zero attached hydrogens (tertiary/aromatic N) is 7. The first-order chi connectivity index (χ1) is 13.1. The molecule has 0 radical (unpaired) electrons. The first kappa shape index (κ1) is 17.3. The van der Waals surface area contributed by atoms with E-state index in [1.165, 1.54) is 0 Å². The summed E-state index contributed by atoms with van der Waals surface area (Å²) in [6, 6.07) is 4.70. The Morgan fingerprint density at radius 2 is 1.78 bits per heavy atom. The Morgan fingerprint density at radius 3 is 2.41 bits per heavy atom. The van der Waals surface area contributed by atoms with Crippen LogP contribution in [0.3, 0.4) is 0 Å². The lowest BCUT2D eigenvalue weighted by Gasteiger charge is -2.15. The summed E-state index contributed by atoms with van der Waals surface area (Å²) in [7, 11) is 0. The highest BCUT2D eigenvalue weighted by Crippen LogP contribution is 2.24. The predicted octanol–water partition coefficient (Wildman–Crippen LogP) is 2.22. The molecule has 4 rings (SSSR count). The number of hydrogen-bond acceptors (Lipinski definition) is 8. The van der Waals surface area contributed by atoms with Gasteiger partial charge in [0.2, 0.25) is 5.95 Å². The minimum atomic E-state index is 0.340. The van der Waals surface area contributed by atoms with E-state index < -0.39 is 0 Å². The highest BCUT2D eigenvalue weighted by molar-refractivity contribution is 5.42. The van der Waals surface area contributed by atoms with Gasteiger partial charge in [-0.05, 0) is 52.2 Å². The fourth-order valence-electron chi connectivity index (χ4n) is 3.40. The summed E-state index contributed by atoms with van der Waals surface area (Å²) in [5.41, 5.74) is 1.73. The number of anilines is 2. The normalized spacial score (nSPS) is 19.2.